The highest BCUT2D eigenvalue weighted by molar-refractivity contribution is 7.99. The number of hydrogen-bond donors (Lipinski definition) is 1. The summed E-state index contributed by atoms with van der Waals surface area (Å²) in [6.07, 6.45) is 6.18. The quantitative estimate of drug-likeness (QED) is 0.483. The van der Waals surface area contributed by atoms with Gasteiger partial charge in [0.25, 0.3) is 0 Å². The molecule has 0 bridgehead atoms. The first kappa shape index (κ1) is 17.3. The molecule has 0 aliphatic carbocycles. The molecule has 1 amide bonds. The third-order valence-corrected chi connectivity index (χ3v) is 5.65. The second-order valence-corrected chi connectivity index (χ2v) is 7.63. The molecule has 2 fully saturated rings. The molecule has 1 aromatic heterocycles. The van der Waals surface area contributed by atoms with Gasteiger partial charge in [-0.1, -0.05) is 25.1 Å². The van der Waals surface area contributed by atoms with Gasteiger partial charge >= 0.3 is 0 Å². The molecular formula is C17H27N5OS. The number of amides is 1. The van der Waals surface area contributed by atoms with E-state index in [1.807, 2.05) is 6.07 Å². The summed E-state index contributed by atoms with van der Waals surface area (Å²) in [5.41, 5.74) is 5.99. The number of rotatable bonds is 6. The molecule has 6 nitrogen and oxygen atoms in total. The van der Waals surface area contributed by atoms with Crippen molar-refractivity contribution in [1.29, 1.82) is 0 Å². The second-order valence-electron chi connectivity index (χ2n) is 6.57. The molecule has 1 unspecified atom stereocenters. The number of nitrogens with two attached hydrogens (primary N) is 1. The van der Waals surface area contributed by atoms with Gasteiger partial charge in [-0.2, -0.15) is 0 Å². The molecule has 2 N–H and O–H groups in total. The van der Waals surface area contributed by atoms with E-state index in [0.29, 0.717) is 24.2 Å². The van der Waals surface area contributed by atoms with E-state index in [4.69, 9.17) is 10.7 Å². The maximum Gasteiger partial charge on any atom is 0.222 e. The van der Waals surface area contributed by atoms with Crippen molar-refractivity contribution in [1.82, 2.24) is 14.9 Å². The Balaban J connectivity index is 1.69. The van der Waals surface area contributed by atoms with E-state index in [2.05, 4.69) is 21.7 Å². The number of carbonyl (C=O) groups is 1. The van der Waals surface area contributed by atoms with Crippen LogP contribution in [0.3, 0.4) is 0 Å². The molecule has 3 rings (SSSR count). The Morgan fingerprint density at radius 1 is 1.33 bits per heavy atom. The number of thioether (sulfide) groups is 1. The molecule has 1 aromatic rings. The largest absolute Gasteiger partial charge is 0.383 e. The summed E-state index contributed by atoms with van der Waals surface area (Å²) in [7, 11) is 0. The van der Waals surface area contributed by atoms with Crippen molar-refractivity contribution in [3.8, 4) is 0 Å². The average molecular weight is 350 g/mol. The fourth-order valence-electron chi connectivity index (χ4n) is 3.44. The third kappa shape index (κ3) is 4.12. The third-order valence-electron chi connectivity index (χ3n) is 4.71. The van der Waals surface area contributed by atoms with E-state index in [1.165, 1.54) is 6.42 Å². The van der Waals surface area contributed by atoms with E-state index in [9.17, 15) is 4.79 Å². The van der Waals surface area contributed by atoms with E-state index in [1.54, 1.807) is 11.8 Å². The van der Waals surface area contributed by atoms with E-state index in [0.717, 1.165) is 62.0 Å². The molecule has 2 aliphatic heterocycles. The number of aromatic nitrogens is 2. The van der Waals surface area contributed by atoms with Crippen molar-refractivity contribution in [3.05, 3.63) is 6.07 Å². The molecule has 0 radical (unpaired) electrons. The Kier molecular flexibility index (Phi) is 5.81. The second kappa shape index (κ2) is 8.05. The monoisotopic (exact) mass is 349 g/mol. The molecule has 0 spiro atoms. The average Bonchev–Trinajstić information content (AvgIpc) is 3.01. The van der Waals surface area contributed by atoms with Gasteiger partial charge in [0, 0.05) is 43.9 Å². The zero-order valence-corrected chi connectivity index (χ0v) is 15.2. The minimum absolute atomic E-state index is 0.305. The van der Waals surface area contributed by atoms with Crippen molar-refractivity contribution in [2.45, 2.75) is 56.6 Å². The summed E-state index contributed by atoms with van der Waals surface area (Å²) in [6.45, 7) is 4.90. The van der Waals surface area contributed by atoms with Crippen LogP contribution in [0.4, 0.5) is 11.6 Å². The minimum Gasteiger partial charge on any atom is -0.383 e. The van der Waals surface area contributed by atoms with Crippen molar-refractivity contribution in [3.63, 3.8) is 0 Å². The van der Waals surface area contributed by atoms with Crippen molar-refractivity contribution in [2.24, 2.45) is 0 Å². The Bertz CT molecular complexity index is 582. The molecule has 2 aliphatic rings. The molecule has 0 aromatic carbocycles. The number of piperidine rings is 1. The summed E-state index contributed by atoms with van der Waals surface area (Å²) in [6, 6.07) is 2.17. The van der Waals surface area contributed by atoms with Gasteiger partial charge in [-0.05, 0) is 25.7 Å². The van der Waals surface area contributed by atoms with Gasteiger partial charge in [0.15, 0.2) is 5.16 Å². The molecule has 7 heteroatoms. The number of unbranched alkanes of at least 4 members (excludes halogenated alkanes) is 1. The van der Waals surface area contributed by atoms with Gasteiger partial charge in [-0.25, -0.2) is 9.97 Å². The first-order valence-electron chi connectivity index (χ1n) is 8.99. The molecule has 0 saturated carbocycles. The maximum atomic E-state index is 12.0. The number of hydrogen-bond acceptors (Lipinski definition) is 6. The van der Waals surface area contributed by atoms with Crippen molar-refractivity contribution < 1.29 is 4.79 Å². The Morgan fingerprint density at radius 3 is 2.96 bits per heavy atom. The fraction of sp³-hybridized carbons (Fsp3) is 0.706. The van der Waals surface area contributed by atoms with Crippen LogP contribution < -0.4 is 10.6 Å². The van der Waals surface area contributed by atoms with Gasteiger partial charge in [0.2, 0.25) is 5.91 Å². The van der Waals surface area contributed by atoms with Crippen LogP contribution in [0.25, 0.3) is 0 Å². The van der Waals surface area contributed by atoms with Gasteiger partial charge in [0.1, 0.15) is 11.6 Å². The summed E-state index contributed by atoms with van der Waals surface area (Å²) in [4.78, 5) is 25.4. The summed E-state index contributed by atoms with van der Waals surface area (Å²) >= 11 is 1.67. The predicted molar refractivity (Wildman–Crippen MR) is 98.3 cm³/mol. The molecular weight excluding hydrogens is 322 g/mol. The van der Waals surface area contributed by atoms with Crippen LogP contribution in [0.2, 0.25) is 0 Å². The van der Waals surface area contributed by atoms with Crippen LogP contribution in [0.5, 0.6) is 0 Å². The first-order chi connectivity index (χ1) is 11.7. The molecule has 3 heterocycles. The number of nitrogens with zero attached hydrogens (tertiary/aromatic N) is 4. The van der Waals surface area contributed by atoms with Crippen LogP contribution in [-0.4, -0.2) is 52.2 Å². The molecule has 2 saturated heterocycles. The lowest BCUT2D eigenvalue weighted by Gasteiger charge is -2.38. The van der Waals surface area contributed by atoms with Gasteiger partial charge in [0.05, 0.1) is 0 Å². The fourth-order valence-corrected chi connectivity index (χ4v) is 4.38. The van der Waals surface area contributed by atoms with Crippen LogP contribution in [0.15, 0.2) is 11.2 Å². The highest BCUT2D eigenvalue weighted by Crippen LogP contribution is 2.27. The lowest BCUT2D eigenvalue weighted by molar-refractivity contribution is -0.129. The lowest BCUT2D eigenvalue weighted by atomic mass is 10.0. The van der Waals surface area contributed by atoms with Gasteiger partial charge in [-0.3, -0.25) is 4.79 Å². The van der Waals surface area contributed by atoms with Crippen LogP contribution in [0.1, 0.15) is 45.4 Å². The number of nitrogen functional groups attached to an aromatic ring is 1. The van der Waals surface area contributed by atoms with Gasteiger partial charge < -0.3 is 15.5 Å². The maximum absolute atomic E-state index is 12.0. The molecule has 24 heavy (non-hydrogen) atoms. The Labute approximate surface area is 148 Å². The zero-order chi connectivity index (χ0) is 16.9. The molecule has 1 atom stereocenters. The standard InChI is InChI=1S/C17H27N5OS/c1-2-3-10-24-17-19-14(18)11-15(20-17)21-8-4-6-13(12-21)22-9-5-7-16(22)23/h11,13H,2-10,12H2,1H3,(H2,18,19,20). The van der Waals surface area contributed by atoms with Crippen LogP contribution in [-0.2, 0) is 4.79 Å². The van der Waals surface area contributed by atoms with Crippen molar-refractivity contribution >= 4 is 29.3 Å². The Morgan fingerprint density at radius 2 is 2.21 bits per heavy atom. The highest BCUT2D eigenvalue weighted by Gasteiger charge is 2.31. The smallest absolute Gasteiger partial charge is 0.222 e. The summed E-state index contributed by atoms with van der Waals surface area (Å²) < 4.78 is 0. The van der Waals surface area contributed by atoms with Crippen LogP contribution in [0, 0.1) is 0 Å². The number of anilines is 2. The number of carbonyl (C=O) groups excluding carboxylic acids is 1. The topological polar surface area (TPSA) is 75.3 Å². The van der Waals surface area contributed by atoms with Gasteiger partial charge in [-0.15, -0.1) is 0 Å². The van der Waals surface area contributed by atoms with E-state index in [-0.39, 0.29) is 0 Å². The van der Waals surface area contributed by atoms with Crippen molar-refractivity contribution in [2.75, 3.05) is 36.0 Å². The van der Waals surface area contributed by atoms with E-state index < -0.39 is 0 Å². The predicted octanol–water partition coefficient (Wildman–Crippen LogP) is 2.54. The number of likely N-dealkylation sites (tertiary alicyclic amines) is 1. The minimum atomic E-state index is 0.305. The SMILES string of the molecule is CCCCSc1nc(N)cc(N2CCCC(N3CCCC3=O)C2)n1. The normalized spacial score (nSPS) is 21.5. The highest BCUT2D eigenvalue weighted by atomic mass is 32.2. The summed E-state index contributed by atoms with van der Waals surface area (Å²) in [5, 5.41) is 0.762. The van der Waals surface area contributed by atoms with Crippen LogP contribution >= 0.6 is 11.8 Å². The molecule has 132 valence electrons. The first-order valence-corrected chi connectivity index (χ1v) is 9.97. The zero-order valence-electron chi connectivity index (χ0n) is 14.4. The van der Waals surface area contributed by atoms with E-state index >= 15 is 0 Å². The Hall–Kier alpha value is -1.50. The summed E-state index contributed by atoms with van der Waals surface area (Å²) in [5.74, 6) is 2.75. The lowest BCUT2D eigenvalue weighted by Crippen LogP contribution is -2.48.